The number of carbonyl (C=O) groups is 2. The molecular weight excluding hydrogens is 257 g/mol. The normalized spacial score (nSPS) is 18.9. The molecule has 108 valence electrons. The minimum absolute atomic E-state index is 0.0450. The standard InChI is InChI=1S/C16H20FNO2/c1-11-6-7-13(17)10-15(11)16(20)18-8-4-3-5-14(18)9-12(2)19/h6-7,10,14H,3-5,8-9H2,1-2H3. The van der Waals surface area contributed by atoms with Crippen LogP contribution in [-0.2, 0) is 4.79 Å². The Balaban J connectivity index is 2.25. The second-order valence-corrected chi connectivity index (χ2v) is 5.51. The first kappa shape index (κ1) is 14.7. The number of amides is 1. The van der Waals surface area contributed by atoms with Crippen molar-refractivity contribution < 1.29 is 14.0 Å². The van der Waals surface area contributed by atoms with E-state index in [1.807, 2.05) is 0 Å². The Kier molecular flexibility index (Phi) is 4.53. The van der Waals surface area contributed by atoms with E-state index in [1.54, 1.807) is 24.8 Å². The number of hydrogen-bond donors (Lipinski definition) is 0. The first-order valence-electron chi connectivity index (χ1n) is 7.05. The predicted molar refractivity (Wildman–Crippen MR) is 75.1 cm³/mol. The first-order chi connectivity index (χ1) is 9.49. The predicted octanol–water partition coefficient (Wildman–Crippen LogP) is 3.11. The molecule has 0 N–H and O–H groups in total. The minimum atomic E-state index is -0.404. The summed E-state index contributed by atoms with van der Waals surface area (Å²) in [5.74, 6) is -0.474. The molecule has 1 unspecified atom stereocenters. The quantitative estimate of drug-likeness (QED) is 0.851. The molecule has 2 rings (SSSR count). The minimum Gasteiger partial charge on any atom is -0.335 e. The molecule has 0 aromatic heterocycles. The molecule has 1 saturated heterocycles. The maximum Gasteiger partial charge on any atom is 0.254 e. The fraction of sp³-hybridized carbons (Fsp3) is 0.500. The van der Waals surface area contributed by atoms with Gasteiger partial charge < -0.3 is 4.90 Å². The fourth-order valence-corrected chi connectivity index (χ4v) is 2.79. The maximum atomic E-state index is 13.4. The Labute approximate surface area is 118 Å². The number of halogens is 1. The smallest absolute Gasteiger partial charge is 0.254 e. The van der Waals surface area contributed by atoms with Crippen molar-refractivity contribution >= 4 is 11.7 Å². The third-order valence-electron chi connectivity index (χ3n) is 3.84. The average Bonchev–Trinajstić information content (AvgIpc) is 2.41. The van der Waals surface area contributed by atoms with Gasteiger partial charge in [-0.3, -0.25) is 9.59 Å². The summed E-state index contributed by atoms with van der Waals surface area (Å²) in [6, 6.07) is 4.22. The van der Waals surface area contributed by atoms with Crippen LogP contribution in [-0.4, -0.2) is 29.2 Å². The number of ketones is 1. The largest absolute Gasteiger partial charge is 0.335 e. The Morgan fingerprint density at radius 1 is 1.35 bits per heavy atom. The van der Waals surface area contributed by atoms with Gasteiger partial charge in [-0.2, -0.15) is 0 Å². The molecule has 1 atom stereocenters. The topological polar surface area (TPSA) is 37.4 Å². The van der Waals surface area contributed by atoms with Gasteiger partial charge in [0.25, 0.3) is 5.91 Å². The number of hydrogen-bond acceptors (Lipinski definition) is 2. The van der Waals surface area contributed by atoms with E-state index in [1.165, 1.54) is 12.1 Å². The number of aryl methyl sites for hydroxylation is 1. The van der Waals surface area contributed by atoms with E-state index in [4.69, 9.17) is 0 Å². The van der Waals surface area contributed by atoms with Gasteiger partial charge in [0, 0.05) is 24.6 Å². The highest BCUT2D eigenvalue weighted by Gasteiger charge is 2.29. The summed E-state index contributed by atoms with van der Waals surface area (Å²) >= 11 is 0. The van der Waals surface area contributed by atoms with E-state index in [9.17, 15) is 14.0 Å². The average molecular weight is 277 g/mol. The molecule has 1 aromatic rings. The zero-order valence-electron chi connectivity index (χ0n) is 12.0. The highest BCUT2D eigenvalue weighted by atomic mass is 19.1. The number of benzene rings is 1. The summed E-state index contributed by atoms with van der Waals surface area (Å²) < 4.78 is 13.4. The van der Waals surface area contributed by atoms with Gasteiger partial charge in [0.15, 0.2) is 0 Å². The van der Waals surface area contributed by atoms with Gasteiger partial charge in [0.2, 0.25) is 0 Å². The van der Waals surface area contributed by atoms with Crippen LogP contribution in [0.1, 0.15) is 48.5 Å². The molecule has 20 heavy (non-hydrogen) atoms. The van der Waals surface area contributed by atoms with E-state index in [0.29, 0.717) is 18.5 Å². The lowest BCUT2D eigenvalue weighted by Gasteiger charge is -2.35. The zero-order chi connectivity index (χ0) is 14.7. The summed E-state index contributed by atoms with van der Waals surface area (Å²) in [6.07, 6.45) is 3.21. The molecule has 0 aliphatic carbocycles. The van der Waals surface area contributed by atoms with Gasteiger partial charge in [0.1, 0.15) is 11.6 Å². The van der Waals surface area contributed by atoms with Gasteiger partial charge in [-0.1, -0.05) is 6.07 Å². The van der Waals surface area contributed by atoms with Crippen molar-refractivity contribution in [3.63, 3.8) is 0 Å². The van der Waals surface area contributed by atoms with Gasteiger partial charge in [-0.15, -0.1) is 0 Å². The van der Waals surface area contributed by atoms with Gasteiger partial charge in [-0.25, -0.2) is 4.39 Å². The molecule has 1 heterocycles. The monoisotopic (exact) mass is 277 g/mol. The lowest BCUT2D eigenvalue weighted by atomic mass is 9.96. The molecule has 1 aliphatic heterocycles. The zero-order valence-corrected chi connectivity index (χ0v) is 12.0. The summed E-state index contributed by atoms with van der Waals surface area (Å²) in [5.41, 5.74) is 1.17. The molecule has 4 heteroatoms. The maximum absolute atomic E-state index is 13.4. The highest BCUT2D eigenvalue weighted by Crippen LogP contribution is 2.23. The van der Waals surface area contributed by atoms with Crippen molar-refractivity contribution in [3.8, 4) is 0 Å². The molecule has 0 spiro atoms. The Morgan fingerprint density at radius 2 is 2.10 bits per heavy atom. The third-order valence-corrected chi connectivity index (χ3v) is 3.84. The Hall–Kier alpha value is -1.71. The fourth-order valence-electron chi connectivity index (χ4n) is 2.79. The summed E-state index contributed by atoms with van der Waals surface area (Å²) in [7, 11) is 0. The van der Waals surface area contributed by atoms with Crippen molar-refractivity contribution in [2.24, 2.45) is 0 Å². The van der Waals surface area contributed by atoms with Crippen LogP contribution in [0.5, 0.6) is 0 Å². The summed E-state index contributed by atoms with van der Waals surface area (Å²) in [5, 5.41) is 0. The van der Waals surface area contributed by atoms with Crippen molar-refractivity contribution in [3.05, 3.63) is 35.1 Å². The van der Waals surface area contributed by atoms with Crippen LogP contribution in [0, 0.1) is 12.7 Å². The number of nitrogens with zero attached hydrogens (tertiary/aromatic N) is 1. The van der Waals surface area contributed by atoms with Gasteiger partial charge >= 0.3 is 0 Å². The second-order valence-electron chi connectivity index (χ2n) is 5.51. The number of carbonyl (C=O) groups excluding carboxylic acids is 2. The van der Waals surface area contributed by atoms with Crippen LogP contribution in [0.15, 0.2) is 18.2 Å². The van der Waals surface area contributed by atoms with Crippen LogP contribution in [0.4, 0.5) is 4.39 Å². The van der Waals surface area contributed by atoms with Crippen LogP contribution in [0.25, 0.3) is 0 Å². The molecule has 3 nitrogen and oxygen atoms in total. The summed E-state index contributed by atoms with van der Waals surface area (Å²) in [6.45, 7) is 3.99. The van der Waals surface area contributed by atoms with Crippen molar-refractivity contribution in [2.75, 3.05) is 6.54 Å². The van der Waals surface area contributed by atoms with Crippen molar-refractivity contribution in [1.82, 2.24) is 4.90 Å². The lowest BCUT2D eigenvalue weighted by Crippen LogP contribution is -2.44. The van der Waals surface area contributed by atoms with E-state index in [0.717, 1.165) is 24.8 Å². The number of Topliss-reactive ketones (excluding diaryl/α,β-unsaturated/α-hetero) is 1. The van der Waals surface area contributed by atoms with Crippen LogP contribution in [0.3, 0.4) is 0 Å². The van der Waals surface area contributed by atoms with Crippen LogP contribution < -0.4 is 0 Å². The van der Waals surface area contributed by atoms with Crippen LogP contribution in [0.2, 0.25) is 0 Å². The van der Waals surface area contributed by atoms with Crippen LogP contribution >= 0.6 is 0 Å². The molecule has 1 aliphatic rings. The molecule has 0 radical (unpaired) electrons. The molecule has 0 bridgehead atoms. The van der Waals surface area contributed by atoms with Gasteiger partial charge in [0.05, 0.1) is 0 Å². The third kappa shape index (κ3) is 3.24. The van der Waals surface area contributed by atoms with Gasteiger partial charge in [-0.05, 0) is 50.8 Å². The second kappa shape index (κ2) is 6.16. The molecule has 1 amide bonds. The van der Waals surface area contributed by atoms with Crippen molar-refractivity contribution in [1.29, 1.82) is 0 Å². The number of likely N-dealkylation sites (tertiary alicyclic amines) is 1. The van der Waals surface area contributed by atoms with Crippen molar-refractivity contribution in [2.45, 2.75) is 45.6 Å². The molecule has 1 aromatic carbocycles. The SMILES string of the molecule is CC(=O)CC1CCCCN1C(=O)c1cc(F)ccc1C. The highest BCUT2D eigenvalue weighted by molar-refractivity contribution is 5.96. The molecule has 0 saturated carbocycles. The molecular formula is C16H20FNO2. The Morgan fingerprint density at radius 3 is 2.80 bits per heavy atom. The number of piperidine rings is 1. The van der Waals surface area contributed by atoms with E-state index in [-0.39, 0.29) is 17.7 Å². The first-order valence-corrected chi connectivity index (χ1v) is 7.05. The van der Waals surface area contributed by atoms with E-state index >= 15 is 0 Å². The number of rotatable bonds is 3. The molecule has 1 fully saturated rings. The lowest BCUT2D eigenvalue weighted by molar-refractivity contribution is -0.118. The van der Waals surface area contributed by atoms with E-state index < -0.39 is 5.82 Å². The van der Waals surface area contributed by atoms with E-state index in [2.05, 4.69) is 0 Å². The Bertz CT molecular complexity index is 527. The summed E-state index contributed by atoms with van der Waals surface area (Å²) in [4.78, 5) is 25.7.